The van der Waals surface area contributed by atoms with Gasteiger partial charge in [-0.3, -0.25) is 13.9 Å². The summed E-state index contributed by atoms with van der Waals surface area (Å²) in [6, 6.07) is 15.5. The van der Waals surface area contributed by atoms with Crippen molar-refractivity contribution in [3.8, 4) is 5.75 Å². The average molecular weight is 417 g/mol. The average Bonchev–Trinajstić information content (AvgIpc) is 3.36. The zero-order chi connectivity index (χ0) is 21.7. The summed E-state index contributed by atoms with van der Waals surface area (Å²) in [6.45, 7) is 3.51. The molecule has 0 fully saturated rings. The summed E-state index contributed by atoms with van der Waals surface area (Å²) in [7, 11) is 3.29. The Kier molecular flexibility index (Phi) is 4.43. The largest absolute Gasteiger partial charge is 0.497 e. The Morgan fingerprint density at radius 2 is 1.87 bits per heavy atom. The summed E-state index contributed by atoms with van der Waals surface area (Å²) >= 11 is 0. The number of ether oxygens (including phenoxy) is 1. The predicted octanol–water partition coefficient (Wildman–Crippen LogP) is 2.41. The molecule has 2 aromatic carbocycles. The van der Waals surface area contributed by atoms with Gasteiger partial charge in [-0.25, -0.2) is 4.79 Å². The normalized spacial score (nSPS) is 13.1. The van der Waals surface area contributed by atoms with E-state index in [9.17, 15) is 9.59 Å². The van der Waals surface area contributed by atoms with Crippen LogP contribution in [0.25, 0.3) is 11.2 Å². The van der Waals surface area contributed by atoms with Crippen LogP contribution < -0.4 is 20.9 Å². The highest BCUT2D eigenvalue weighted by atomic mass is 16.5. The molecule has 0 amide bonds. The summed E-state index contributed by atoms with van der Waals surface area (Å²) in [6.07, 6.45) is 0. The molecule has 0 unspecified atom stereocenters. The van der Waals surface area contributed by atoms with Crippen molar-refractivity contribution in [1.82, 2.24) is 18.7 Å². The van der Waals surface area contributed by atoms with Crippen molar-refractivity contribution in [1.29, 1.82) is 0 Å². The lowest BCUT2D eigenvalue weighted by atomic mass is 10.1. The van der Waals surface area contributed by atoms with Gasteiger partial charge in [0, 0.05) is 31.9 Å². The molecule has 31 heavy (non-hydrogen) atoms. The Morgan fingerprint density at radius 1 is 1.06 bits per heavy atom. The number of fused-ring (bicyclic) bond motifs is 3. The molecule has 0 atom stereocenters. The maximum absolute atomic E-state index is 13.4. The van der Waals surface area contributed by atoms with Crippen LogP contribution in [-0.2, 0) is 20.1 Å². The highest BCUT2D eigenvalue weighted by Crippen LogP contribution is 2.33. The fourth-order valence-electron chi connectivity index (χ4n) is 4.20. The molecule has 0 saturated carbocycles. The topological polar surface area (TPSA) is 74.3 Å². The fourth-order valence-corrected chi connectivity index (χ4v) is 4.20. The molecule has 8 heteroatoms. The second-order valence-electron chi connectivity index (χ2n) is 7.75. The van der Waals surface area contributed by atoms with Crippen LogP contribution in [0.15, 0.2) is 58.1 Å². The monoisotopic (exact) mass is 417 g/mol. The van der Waals surface area contributed by atoms with E-state index in [4.69, 9.17) is 9.72 Å². The Morgan fingerprint density at radius 3 is 2.65 bits per heavy atom. The molecule has 0 bridgehead atoms. The van der Waals surface area contributed by atoms with Gasteiger partial charge in [-0.1, -0.05) is 30.3 Å². The van der Waals surface area contributed by atoms with Gasteiger partial charge in [0.1, 0.15) is 5.75 Å². The molecule has 0 N–H and O–H groups in total. The molecule has 2 aromatic heterocycles. The van der Waals surface area contributed by atoms with Crippen molar-refractivity contribution < 1.29 is 4.74 Å². The van der Waals surface area contributed by atoms with Crippen LogP contribution in [0.1, 0.15) is 11.1 Å². The SMILES string of the molecule is COc1cccc(N2CCn3c2nc2c3c(=O)n(Cc3ccccc3C)c(=O)n2C)c1. The second kappa shape index (κ2) is 7.16. The lowest BCUT2D eigenvalue weighted by Gasteiger charge is -2.16. The number of hydrogen-bond acceptors (Lipinski definition) is 5. The summed E-state index contributed by atoms with van der Waals surface area (Å²) in [4.78, 5) is 33.2. The summed E-state index contributed by atoms with van der Waals surface area (Å²) in [5, 5.41) is 0. The van der Waals surface area contributed by atoms with Gasteiger partial charge in [0.15, 0.2) is 11.2 Å². The van der Waals surface area contributed by atoms with Crippen LogP contribution in [-0.4, -0.2) is 32.3 Å². The van der Waals surface area contributed by atoms with Gasteiger partial charge in [0.25, 0.3) is 5.56 Å². The third kappa shape index (κ3) is 2.94. The Hall–Kier alpha value is -3.81. The number of rotatable bonds is 4. The molecular weight excluding hydrogens is 394 g/mol. The van der Waals surface area contributed by atoms with Gasteiger partial charge in [-0.2, -0.15) is 4.98 Å². The van der Waals surface area contributed by atoms with E-state index in [-0.39, 0.29) is 17.8 Å². The number of aryl methyl sites for hydroxylation is 2. The first-order chi connectivity index (χ1) is 15.0. The van der Waals surface area contributed by atoms with Crippen molar-refractivity contribution in [3.05, 3.63) is 80.5 Å². The second-order valence-corrected chi connectivity index (χ2v) is 7.75. The standard InChI is InChI=1S/C23H23N5O3/c1-15-7-4-5-8-16(15)14-28-21(29)19-20(25(2)23(28)30)24-22-26(11-12-27(19)22)17-9-6-10-18(13-17)31-3/h4-10,13H,11-12,14H2,1-3H3. The van der Waals surface area contributed by atoms with E-state index in [1.807, 2.05) is 64.9 Å². The number of imidazole rings is 1. The van der Waals surface area contributed by atoms with Crippen LogP contribution in [0.4, 0.5) is 11.6 Å². The highest BCUT2D eigenvalue weighted by Gasteiger charge is 2.29. The molecule has 1 aliphatic rings. The molecule has 158 valence electrons. The van der Waals surface area contributed by atoms with E-state index in [2.05, 4.69) is 0 Å². The van der Waals surface area contributed by atoms with Crippen molar-refractivity contribution in [2.24, 2.45) is 7.05 Å². The molecule has 0 radical (unpaired) electrons. The van der Waals surface area contributed by atoms with E-state index >= 15 is 0 Å². The molecule has 4 aromatic rings. The van der Waals surface area contributed by atoms with Gasteiger partial charge in [-0.05, 0) is 30.2 Å². The summed E-state index contributed by atoms with van der Waals surface area (Å²) in [5.41, 5.74) is 3.09. The summed E-state index contributed by atoms with van der Waals surface area (Å²) in [5.74, 6) is 1.41. The molecular formula is C23H23N5O3. The lowest BCUT2D eigenvalue weighted by Crippen LogP contribution is -2.40. The van der Waals surface area contributed by atoms with Gasteiger partial charge >= 0.3 is 5.69 Å². The molecule has 0 saturated heterocycles. The zero-order valence-electron chi connectivity index (χ0n) is 17.7. The maximum Gasteiger partial charge on any atom is 0.332 e. The highest BCUT2D eigenvalue weighted by molar-refractivity contribution is 5.78. The summed E-state index contributed by atoms with van der Waals surface area (Å²) < 4.78 is 10.0. The van der Waals surface area contributed by atoms with Crippen LogP contribution in [0, 0.1) is 6.92 Å². The number of nitrogens with zero attached hydrogens (tertiary/aromatic N) is 5. The van der Waals surface area contributed by atoms with Gasteiger partial charge in [0.2, 0.25) is 5.95 Å². The first-order valence-electron chi connectivity index (χ1n) is 10.2. The Balaban J connectivity index is 1.67. The van der Waals surface area contributed by atoms with Gasteiger partial charge in [-0.15, -0.1) is 0 Å². The van der Waals surface area contributed by atoms with Crippen molar-refractivity contribution >= 4 is 22.8 Å². The molecule has 8 nitrogen and oxygen atoms in total. The minimum absolute atomic E-state index is 0.230. The third-order valence-electron chi connectivity index (χ3n) is 5.96. The maximum atomic E-state index is 13.4. The third-order valence-corrected chi connectivity index (χ3v) is 5.96. The number of benzene rings is 2. The Labute approximate surface area is 178 Å². The molecule has 5 rings (SSSR count). The van der Waals surface area contributed by atoms with E-state index < -0.39 is 0 Å². The van der Waals surface area contributed by atoms with Crippen LogP contribution in [0.2, 0.25) is 0 Å². The van der Waals surface area contributed by atoms with E-state index in [1.165, 1.54) is 9.13 Å². The molecule has 0 aliphatic carbocycles. The van der Waals surface area contributed by atoms with E-state index in [0.717, 1.165) is 22.6 Å². The van der Waals surface area contributed by atoms with Gasteiger partial charge in [0.05, 0.1) is 13.7 Å². The molecule has 0 spiro atoms. The number of methoxy groups -OCH3 is 1. The zero-order valence-corrected chi connectivity index (χ0v) is 17.7. The van der Waals surface area contributed by atoms with Crippen LogP contribution in [0.3, 0.4) is 0 Å². The van der Waals surface area contributed by atoms with Gasteiger partial charge < -0.3 is 14.2 Å². The van der Waals surface area contributed by atoms with Crippen molar-refractivity contribution in [3.63, 3.8) is 0 Å². The fraction of sp³-hybridized carbons (Fsp3) is 0.261. The van der Waals surface area contributed by atoms with Crippen molar-refractivity contribution in [2.45, 2.75) is 20.0 Å². The first kappa shape index (κ1) is 19.2. The Bertz CT molecular complexity index is 1430. The van der Waals surface area contributed by atoms with Crippen LogP contribution in [0.5, 0.6) is 5.75 Å². The first-order valence-corrected chi connectivity index (χ1v) is 10.2. The number of aromatic nitrogens is 4. The van der Waals surface area contributed by atoms with Crippen molar-refractivity contribution in [2.75, 3.05) is 18.6 Å². The lowest BCUT2D eigenvalue weighted by molar-refractivity contribution is 0.415. The minimum atomic E-state index is -0.370. The van der Waals surface area contributed by atoms with E-state index in [0.29, 0.717) is 30.2 Å². The quantitative estimate of drug-likeness (QED) is 0.510. The van der Waals surface area contributed by atoms with Crippen LogP contribution >= 0.6 is 0 Å². The number of hydrogen-bond donors (Lipinski definition) is 0. The smallest absolute Gasteiger partial charge is 0.332 e. The number of anilines is 2. The minimum Gasteiger partial charge on any atom is -0.497 e. The predicted molar refractivity (Wildman–Crippen MR) is 120 cm³/mol. The molecule has 1 aliphatic heterocycles. The molecule has 3 heterocycles. The van der Waals surface area contributed by atoms with E-state index in [1.54, 1.807) is 14.2 Å².